The van der Waals surface area contributed by atoms with E-state index in [1.54, 1.807) is 0 Å². The third kappa shape index (κ3) is 1.69. The van der Waals surface area contributed by atoms with Crippen LogP contribution in [0, 0.1) is 0 Å². The summed E-state index contributed by atoms with van der Waals surface area (Å²) in [6.45, 7) is 6.31. The smallest absolute Gasteiger partial charge is 0.0268 e. The summed E-state index contributed by atoms with van der Waals surface area (Å²) in [7, 11) is 2.26. The molecule has 0 spiro atoms. The van der Waals surface area contributed by atoms with Gasteiger partial charge >= 0.3 is 0 Å². The second kappa shape index (κ2) is 4.17. The molecule has 0 aromatic rings. The molecular formula is C11H23N3. The summed E-state index contributed by atoms with van der Waals surface area (Å²) in [5, 5.41) is 7.22. The first-order valence-corrected chi connectivity index (χ1v) is 6.05. The number of likely N-dealkylation sites (tertiary alicyclic amines) is 1. The molecule has 3 fully saturated rings. The summed E-state index contributed by atoms with van der Waals surface area (Å²) in [5.41, 5.74) is 0. The van der Waals surface area contributed by atoms with Crippen molar-refractivity contribution in [2.24, 2.45) is 0 Å². The van der Waals surface area contributed by atoms with Crippen molar-refractivity contribution in [1.29, 1.82) is 0 Å². The Hall–Kier alpha value is -0.120. The fourth-order valence-electron chi connectivity index (χ4n) is 2.94. The van der Waals surface area contributed by atoms with Crippen LogP contribution in [-0.2, 0) is 0 Å². The maximum absolute atomic E-state index is 3.61. The monoisotopic (exact) mass is 197 g/mol. The molecule has 2 aliphatic heterocycles. The fourth-order valence-corrected chi connectivity index (χ4v) is 2.94. The lowest BCUT2D eigenvalue weighted by Crippen LogP contribution is -2.58. The Labute approximate surface area is 87.2 Å². The molecule has 4 atom stereocenters. The van der Waals surface area contributed by atoms with E-state index in [0.717, 1.165) is 37.3 Å². The fraction of sp³-hybridized carbons (Fsp3) is 1.00. The number of hydrogen-bond donors (Lipinski definition) is 2. The number of piperazine rings is 1. The maximum Gasteiger partial charge on any atom is 0.0268 e. The van der Waals surface area contributed by atoms with Gasteiger partial charge in [0, 0.05) is 37.3 Å². The number of rotatable bonds is 0. The first-order chi connectivity index (χ1) is 6.86. The van der Waals surface area contributed by atoms with Crippen LogP contribution in [0.15, 0.2) is 0 Å². The van der Waals surface area contributed by atoms with Crippen LogP contribution in [0.5, 0.6) is 0 Å². The number of nitrogens with one attached hydrogen (secondary N) is 2. The van der Waals surface area contributed by atoms with Gasteiger partial charge in [-0.3, -0.25) is 4.90 Å². The highest BCUT2D eigenvalue weighted by Gasteiger charge is 2.51. The highest BCUT2D eigenvalue weighted by atomic mass is 15.3. The van der Waals surface area contributed by atoms with Crippen molar-refractivity contribution in [2.45, 2.75) is 50.9 Å². The predicted molar refractivity (Wildman–Crippen MR) is 59.5 cm³/mol. The Morgan fingerprint density at radius 3 is 1.79 bits per heavy atom. The predicted octanol–water partition coefficient (Wildman–Crippen LogP) is 0.419. The van der Waals surface area contributed by atoms with Crippen LogP contribution in [0.4, 0.5) is 0 Å². The molecule has 3 nitrogen and oxygen atoms in total. The molecule has 3 aliphatic rings. The van der Waals surface area contributed by atoms with E-state index >= 15 is 0 Å². The van der Waals surface area contributed by atoms with Gasteiger partial charge in [-0.2, -0.15) is 0 Å². The molecular weight excluding hydrogens is 174 g/mol. The van der Waals surface area contributed by atoms with Crippen LogP contribution in [0.1, 0.15) is 26.7 Å². The van der Waals surface area contributed by atoms with Gasteiger partial charge in [-0.15, -0.1) is 0 Å². The van der Waals surface area contributed by atoms with Gasteiger partial charge in [-0.1, -0.05) is 13.8 Å². The number of nitrogens with zero attached hydrogens (tertiary/aromatic N) is 1. The lowest BCUT2D eigenvalue weighted by molar-refractivity contribution is 0.272. The van der Waals surface area contributed by atoms with E-state index in [1.165, 1.54) is 12.8 Å². The lowest BCUT2D eigenvalue weighted by atomic mass is 9.89. The molecule has 3 rings (SSSR count). The molecule has 2 N–H and O–H groups in total. The molecule has 0 bridgehead atoms. The molecule has 1 saturated carbocycles. The second-order valence-electron chi connectivity index (χ2n) is 4.39. The molecule has 0 aromatic carbocycles. The zero-order valence-electron chi connectivity index (χ0n) is 9.59. The topological polar surface area (TPSA) is 27.1 Å². The van der Waals surface area contributed by atoms with Crippen LogP contribution in [-0.4, -0.2) is 49.2 Å². The van der Waals surface area contributed by atoms with Gasteiger partial charge in [0.2, 0.25) is 0 Å². The van der Waals surface area contributed by atoms with Crippen LogP contribution >= 0.6 is 0 Å². The Morgan fingerprint density at radius 1 is 0.929 bits per heavy atom. The van der Waals surface area contributed by atoms with Crippen molar-refractivity contribution in [3.63, 3.8) is 0 Å². The van der Waals surface area contributed by atoms with Gasteiger partial charge in [-0.25, -0.2) is 0 Å². The van der Waals surface area contributed by atoms with E-state index in [0.29, 0.717) is 0 Å². The normalized spacial score (nSPS) is 49.5. The third-order valence-corrected chi connectivity index (χ3v) is 3.82. The summed E-state index contributed by atoms with van der Waals surface area (Å²) in [4.78, 5) is 2.52. The van der Waals surface area contributed by atoms with Gasteiger partial charge in [0.05, 0.1) is 0 Å². The SMILES string of the molecule is CC.CN1C2CC3NCCNC3CC21. The minimum Gasteiger partial charge on any atom is -0.311 e. The largest absolute Gasteiger partial charge is 0.311 e. The molecule has 2 saturated heterocycles. The van der Waals surface area contributed by atoms with E-state index in [-0.39, 0.29) is 0 Å². The zero-order valence-corrected chi connectivity index (χ0v) is 9.59. The Balaban J connectivity index is 0.000000354. The Bertz CT molecular complexity index is 175. The van der Waals surface area contributed by atoms with E-state index in [1.807, 2.05) is 13.8 Å². The standard InChI is InChI=1S/C9H17N3.C2H6/c1-12-8-4-6-7(5-9(8)12)11-3-2-10-6;1-2/h6-11H,2-5H2,1H3;1-2H3. The number of likely N-dealkylation sites (N-methyl/N-ethyl adjacent to an activating group) is 1. The Kier molecular flexibility index (Phi) is 3.10. The molecule has 0 radical (unpaired) electrons. The highest BCUT2D eigenvalue weighted by Crippen LogP contribution is 2.39. The minimum absolute atomic E-state index is 0.755. The number of fused-ring (bicyclic) bond motifs is 2. The van der Waals surface area contributed by atoms with Crippen LogP contribution in [0.2, 0.25) is 0 Å². The summed E-state index contributed by atoms with van der Waals surface area (Å²) < 4.78 is 0. The first-order valence-electron chi connectivity index (χ1n) is 6.05. The van der Waals surface area contributed by atoms with Crippen molar-refractivity contribution in [3.05, 3.63) is 0 Å². The van der Waals surface area contributed by atoms with Crippen molar-refractivity contribution >= 4 is 0 Å². The second-order valence-corrected chi connectivity index (χ2v) is 4.39. The van der Waals surface area contributed by atoms with Gasteiger partial charge < -0.3 is 10.6 Å². The zero-order chi connectivity index (χ0) is 10.1. The quantitative estimate of drug-likeness (QED) is 0.551. The molecule has 2 heterocycles. The summed E-state index contributed by atoms with van der Waals surface area (Å²) in [6, 6.07) is 3.31. The summed E-state index contributed by atoms with van der Waals surface area (Å²) in [5.74, 6) is 0. The van der Waals surface area contributed by atoms with E-state index in [9.17, 15) is 0 Å². The van der Waals surface area contributed by atoms with Crippen LogP contribution in [0.3, 0.4) is 0 Å². The third-order valence-electron chi connectivity index (χ3n) is 3.82. The van der Waals surface area contributed by atoms with Gasteiger partial charge in [0.1, 0.15) is 0 Å². The van der Waals surface area contributed by atoms with Gasteiger partial charge in [-0.05, 0) is 19.9 Å². The van der Waals surface area contributed by atoms with Crippen molar-refractivity contribution < 1.29 is 0 Å². The summed E-state index contributed by atoms with van der Waals surface area (Å²) in [6.07, 6.45) is 2.72. The average molecular weight is 197 g/mol. The first kappa shape index (κ1) is 10.4. The molecule has 0 aromatic heterocycles. The average Bonchev–Trinajstić information content (AvgIpc) is 2.89. The molecule has 1 aliphatic carbocycles. The van der Waals surface area contributed by atoms with Crippen molar-refractivity contribution in [2.75, 3.05) is 20.1 Å². The molecule has 82 valence electrons. The van der Waals surface area contributed by atoms with Gasteiger partial charge in [0.25, 0.3) is 0 Å². The highest BCUT2D eigenvalue weighted by molar-refractivity contribution is 5.11. The number of hydrogen-bond acceptors (Lipinski definition) is 3. The van der Waals surface area contributed by atoms with E-state index < -0.39 is 0 Å². The minimum atomic E-state index is 0.755. The van der Waals surface area contributed by atoms with Crippen molar-refractivity contribution in [3.8, 4) is 0 Å². The van der Waals surface area contributed by atoms with E-state index in [4.69, 9.17) is 0 Å². The Morgan fingerprint density at radius 2 is 1.36 bits per heavy atom. The van der Waals surface area contributed by atoms with Crippen molar-refractivity contribution in [1.82, 2.24) is 15.5 Å². The molecule has 3 heteroatoms. The van der Waals surface area contributed by atoms with E-state index in [2.05, 4.69) is 22.6 Å². The van der Waals surface area contributed by atoms with Crippen LogP contribution in [0.25, 0.3) is 0 Å². The lowest BCUT2D eigenvalue weighted by Gasteiger charge is -2.36. The molecule has 0 amide bonds. The maximum atomic E-state index is 3.61. The van der Waals surface area contributed by atoms with Gasteiger partial charge in [0.15, 0.2) is 0 Å². The van der Waals surface area contributed by atoms with Crippen LogP contribution < -0.4 is 10.6 Å². The molecule has 14 heavy (non-hydrogen) atoms. The summed E-state index contributed by atoms with van der Waals surface area (Å²) >= 11 is 0. The molecule has 4 unspecified atom stereocenters.